The zero-order valence-corrected chi connectivity index (χ0v) is 13.1. The van der Waals surface area contributed by atoms with Crippen molar-refractivity contribution in [3.63, 3.8) is 0 Å². The molecule has 1 aromatic carbocycles. The Morgan fingerprint density at radius 3 is 2.60 bits per heavy atom. The van der Waals surface area contributed by atoms with Crippen molar-refractivity contribution in [1.29, 1.82) is 0 Å². The molecule has 112 valence electrons. The highest BCUT2D eigenvalue weighted by Gasteiger charge is 2.18. The molecule has 0 spiro atoms. The fraction of sp³-hybridized carbons (Fsp3) is 0.562. The minimum Gasteiger partial charge on any atom is -0.496 e. The fourth-order valence-corrected chi connectivity index (χ4v) is 2.24. The maximum absolute atomic E-state index is 12.0. The molecular weight excluding hydrogens is 252 g/mol. The topological polar surface area (TPSA) is 41.6 Å². The molecule has 1 amide bonds. The molecule has 0 heterocycles. The largest absolute Gasteiger partial charge is 0.496 e. The zero-order valence-electron chi connectivity index (χ0n) is 13.1. The average Bonchev–Trinajstić information content (AvgIpc) is 2.45. The van der Waals surface area contributed by atoms with Gasteiger partial charge in [-0.15, -0.1) is 0 Å². The van der Waals surface area contributed by atoms with Gasteiger partial charge < -0.3 is 15.0 Å². The summed E-state index contributed by atoms with van der Waals surface area (Å²) in [4.78, 5) is 13.8. The van der Waals surface area contributed by atoms with E-state index in [0.29, 0.717) is 0 Å². The molecule has 0 aliphatic carbocycles. The Labute approximate surface area is 122 Å². The van der Waals surface area contributed by atoms with E-state index in [9.17, 15) is 4.79 Å². The second kappa shape index (κ2) is 7.90. The van der Waals surface area contributed by atoms with Crippen molar-refractivity contribution in [2.75, 3.05) is 20.7 Å². The summed E-state index contributed by atoms with van der Waals surface area (Å²) in [6.45, 7) is 6.70. The third-order valence-electron chi connectivity index (χ3n) is 3.47. The molecule has 0 aliphatic rings. The Balaban J connectivity index is 2.59. The van der Waals surface area contributed by atoms with Gasteiger partial charge in [-0.1, -0.05) is 18.2 Å². The summed E-state index contributed by atoms with van der Waals surface area (Å²) in [6, 6.07) is 8.01. The third-order valence-corrected chi connectivity index (χ3v) is 3.47. The van der Waals surface area contributed by atoms with E-state index in [1.807, 2.05) is 39.1 Å². The maximum atomic E-state index is 12.0. The van der Waals surface area contributed by atoms with Crippen LogP contribution in [0.1, 0.15) is 26.3 Å². The predicted octanol–water partition coefficient (Wildman–Crippen LogP) is 2.08. The molecule has 0 bridgehead atoms. The summed E-state index contributed by atoms with van der Waals surface area (Å²) in [6.07, 6.45) is 0.831. The molecule has 0 aromatic heterocycles. The Morgan fingerprint density at radius 2 is 2.00 bits per heavy atom. The smallest absolute Gasteiger partial charge is 0.239 e. The van der Waals surface area contributed by atoms with Crippen molar-refractivity contribution >= 4 is 5.91 Å². The lowest BCUT2D eigenvalue weighted by Crippen LogP contribution is -2.46. The van der Waals surface area contributed by atoms with Gasteiger partial charge in [-0.25, -0.2) is 0 Å². The van der Waals surface area contributed by atoms with Crippen LogP contribution in [0, 0.1) is 0 Å². The van der Waals surface area contributed by atoms with Crippen molar-refractivity contribution in [3.05, 3.63) is 29.8 Å². The first kappa shape index (κ1) is 16.5. The number of nitrogens with one attached hydrogen (secondary N) is 1. The lowest BCUT2D eigenvalue weighted by atomic mass is 10.1. The molecule has 0 fully saturated rings. The summed E-state index contributed by atoms with van der Waals surface area (Å²) in [5.41, 5.74) is 1.15. The van der Waals surface area contributed by atoms with Crippen molar-refractivity contribution in [1.82, 2.24) is 10.2 Å². The van der Waals surface area contributed by atoms with Gasteiger partial charge in [0.1, 0.15) is 5.75 Å². The minimum atomic E-state index is -0.176. The van der Waals surface area contributed by atoms with Crippen LogP contribution in [0.2, 0.25) is 0 Å². The Hall–Kier alpha value is -1.55. The van der Waals surface area contributed by atoms with Crippen molar-refractivity contribution in [2.24, 2.45) is 0 Å². The van der Waals surface area contributed by atoms with Gasteiger partial charge in [-0.05, 0) is 38.8 Å². The molecule has 2 unspecified atom stereocenters. The lowest BCUT2D eigenvalue weighted by Gasteiger charge is -2.24. The van der Waals surface area contributed by atoms with E-state index in [2.05, 4.69) is 18.3 Å². The highest BCUT2D eigenvalue weighted by molar-refractivity contribution is 5.81. The molecule has 4 heteroatoms. The predicted molar refractivity (Wildman–Crippen MR) is 82.1 cm³/mol. The van der Waals surface area contributed by atoms with Crippen molar-refractivity contribution in [2.45, 2.75) is 39.3 Å². The number of likely N-dealkylation sites (N-methyl/N-ethyl adjacent to an activating group) is 1. The zero-order chi connectivity index (χ0) is 15.1. The van der Waals surface area contributed by atoms with Crippen molar-refractivity contribution < 1.29 is 9.53 Å². The molecule has 20 heavy (non-hydrogen) atoms. The number of methoxy groups -OCH3 is 1. The number of rotatable bonds is 7. The molecule has 0 aliphatic heterocycles. The van der Waals surface area contributed by atoms with Gasteiger partial charge >= 0.3 is 0 Å². The van der Waals surface area contributed by atoms with Crippen LogP contribution in [0.5, 0.6) is 5.75 Å². The monoisotopic (exact) mass is 278 g/mol. The van der Waals surface area contributed by atoms with E-state index in [4.69, 9.17) is 4.74 Å². The summed E-state index contributed by atoms with van der Waals surface area (Å²) in [5, 5.41) is 3.35. The molecule has 0 saturated heterocycles. The molecule has 4 nitrogen and oxygen atoms in total. The quantitative estimate of drug-likeness (QED) is 0.830. The van der Waals surface area contributed by atoms with E-state index in [1.165, 1.54) is 0 Å². The number of para-hydroxylation sites is 1. The van der Waals surface area contributed by atoms with Gasteiger partial charge in [0.25, 0.3) is 0 Å². The molecule has 1 aromatic rings. The average molecular weight is 278 g/mol. The molecule has 1 N–H and O–H groups in total. The van der Waals surface area contributed by atoms with Crippen molar-refractivity contribution in [3.8, 4) is 5.75 Å². The Bertz CT molecular complexity index is 434. The van der Waals surface area contributed by atoms with Gasteiger partial charge in [-0.2, -0.15) is 0 Å². The number of benzene rings is 1. The van der Waals surface area contributed by atoms with Crippen LogP contribution in [-0.2, 0) is 11.2 Å². The molecule has 0 saturated carbocycles. The lowest BCUT2D eigenvalue weighted by molar-refractivity contribution is -0.131. The van der Waals surface area contributed by atoms with E-state index in [1.54, 1.807) is 12.0 Å². The molecule has 0 radical (unpaired) electrons. The Morgan fingerprint density at radius 1 is 1.35 bits per heavy atom. The molecular formula is C16H26N2O2. The number of nitrogens with zero attached hydrogens (tertiary/aromatic N) is 1. The number of ether oxygens (including phenoxy) is 1. The van der Waals surface area contributed by atoms with Gasteiger partial charge in [0.15, 0.2) is 0 Å². The van der Waals surface area contributed by atoms with Crippen LogP contribution in [0.4, 0.5) is 0 Å². The number of carbonyl (C=O) groups excluding carboxylic acids is 1. The van der Waals surface area contributed by atoms with Crippen LogP contribution >= 0.6 is 0 Å². The fourth-order valence-electron chi connectivity index (χ4n) is 2.24. The number of hydrogen-bond donors (Lipinski definition) is 1. The van der Waals surface area contributed by atoms with Crippen LogP contribution in [0.15, 0.2) is 24.3 Å². The second-order valence-corrected chi connectivity index (χ2v) is 5.16. The highest BCUT2D eigenvalue weighted by Crippen LogP contribution is 2.18. The number of hydrogen-bond acceptors (Lipinski definition) is 3. The normalized spacial score (nSPS) is 13.7. The van der Waals surface area contributed by atoms with Crippen LogP contribution in [-0.4, -0.2) is 43.6 Å². The first-order valence-electron chi connectivity index (χ1n) is 7.12. The van der Waals surface area contributed by atoms with Crippen LogP contribution in [0.25, 0.3) is 0 Å². The summed E-state index contributed by atoms with van der Waals surface area (Å²) < 4.78 is 5.35. The van der Waals surface area contributed by atoms with Crippen LogP contribution < -0.4 is 10.1 Å². The van der Waals surface area contributed by atoms with E-state index >= 15 is 0 Å². The number of amides is 1. The summed E-state index contributed by atoms with van der Waals surface area (Å²) in [7, 11) is 3.50. The molecule has 2 atom stereocenters. The van der Waals surface area contributed by atoms with Crippen LogP contribution in [0.3, 0.4) is 0 Å². The van der Waals surface area contributed by atoms with Gasteiger partial charge in [0.05, 0.1) is 13.2 Å². The third kappa shape index (κ3) is 4.53. The first-order chi connectivity index (χ1) is 9.49. The van der Waals surface area contributed by atoms with E-state index in [0.717, 1.165) is 24.3 Å². The van der Waals surface area contributed by atoms with E-state index in [-0.39, 0.29) is 18.0 Å². The standard InChI is InChI=1S/C16H26N2O2/c1-6-18(4)16(19)13(3)17-12(2)11-14-9-7-8-10-15(14)20-5/h7-10,12-13,17H,6,11H2,1-5H3. The highest BCUT2D eigenvalue weighted by atomic mass is 16.5. The van der Waals surface area contributed by atoms with E-state index < -0.39 is 0 Å². The minimum absolute atomic E-state index is 0.124. The summed E-state index contributed by atoms with van der Waals surface area (Å²) >= 11 is 0. The van der Waals surface area contributed by atoms with Gasteiger partial charge in [0.2, 0.25) is 5.91 Å². The van der Waals surface area contributed by atoms with Gasteiger partial charge in [-0.3, -0.25) is 4.79 Å². The molecule has 1 rings (SSSR count). The second-order valence-electron chi connectivity index (χ2n) is 5.16. The van der Waals surface area contributed by atoms with Gasteiger partial charge in [0, 0.05) is 19.6 Å². The number of carbonyl (C=O) groups is 1. The Kier molecular flexibility index (Phi) is 6.52. The summed E-state index contributed by atoms with van der Waals surface area (Å²) in [5.74, 6) is 1.02. The SMILES string of the molecule is CCN(C)C(=O)C(C)NC(C)Cc1ccccc1OC. The first-order valence-corrected chi connectivity index (χ1v) is 7.12. The maximum Gasteiger partial charge on any atom is 0.239 e.